The van der Waals surface area contributed by atoms with Gasteiger partial charge < -0.3 is 9.84 Å². The molecule has 1 fully saturated rings. The number of rotatable bonds is 4. The van der Waals surface area contributed by atoms with Crippen molar-refractivity contribution in [2.24, 2.45) is 0 Å². The first-order chi connectivity index (χ1) is 7.11. The molecule has 84 valence electrons. The summed E-state index contributed by atoms with van der Waals surface area (Å²) in [4.78, 5) is 1.24. The first-order valence-corrected chi connectivity index (χ1v) is 6.85. The van der Waals surface area contributed by atoms with Crippen LogP contribution in [0.15, 0.2) is 15.9 Å². The van der Waals surface area contributed by atoms with E-state index in [9.17, 15) is 5.11 Å². The Morgan fingerprint density at radius 3 is 2.93 bits per heavy atom. The normalized spacial score (nSPS) is 30.2. The van der Waals surface area contributed by atoms with E-state index < -0.39 is 5.60 Å². The SMILES string of the molecule is CCOC1CC(O)(Cc2cc(Br)cs2)C1. The lowest BCUT2D eigenvalue weighted by molar-refractivity contribution is -0.135. The summed E-state index contributed by atoms with van der Waals surface area (Å²) in [5.41, 5.74) is -0.524. The molecular formula is C11H15BrO2S. The monoisotopic (exact) mass is 290 g/mol. The fourth-order valence-electron chi connectivity index (χ4n) is 2.06. The predicted molar refractivity (Wildman–Crippen MR) is 65.3 cm³/mol. The molecule has 0 atom stereocenters. The fourth-order valence-corrected chi connectivity index (χ4v) is 3.64. The second kappa shape index (κ2) is 4.53. The smallest absolute Gasteiger partial charge is 0.0745 e. The summed E-state index contributed by atoms with van der Waals surface area (Å²) in [6, 6.07) is 2.08. The molecule has 1 aromatic heterocycles. The van der Waals surface area contributed by atoms with Gasteiger partial charge in [-0.2, -0.15) is 0 Å². The number of aliphatic hydroxyl groups is 1. The molecule has 0 bridgehead atoms. The van der Waals surface area contributed by atoms with Crippen LogP contribution in [0.4, 0.5) is 0 Å². The molecule has 0 aliphatic heterocycles. The maximum atomic E-state index is 10.2. The fraction of sp³-hybridized carbons (Fsp3) is 0.636. The molecule has 0 spiro atoms. The lowest BCUT2D eigenvalue weighted by Gasteiger charge is -2.43. The highest BCUT2D eigenvalue weighted by Crippen LogP contribution is 2.38. The standard InChI is InChI=1S/C11H15BrO2S/c1-2-14-9-4-11(13,5-9)6-10-3-8(12)7-15-10/h3,7,9,13H,2,4-6H2,1H3. The summed E-state index contributed by atoms with van der Waals surface area (Å²) in [6.07, 6.45) is 2.57. The van der Waals surface area contributed by atoms with Gasteiger partial charge in [-0.15, -0.1) is 11.3 Å². The summed E-state index contributed by atoms with van der Waals surface area (Å²) < 4.78 is 6.55. The van der Waals surface area contributed by atoms with E-state index in [1.165, 1.54) is 4.88 Å². The van der Waals surface area contributed by atoms with Gasteiger partial charge in [0.25, 0.3) is 0 Å². The third-order valence-corrected chi connectivity index (χ3v) is 4.44. The quantitative estimate of drug-likeness (QED) is 0.924. The maximum absolute atomic E-state index is 10.2. The summed E-state index contributed by atoms with van der Waals surface area (Å²) in [5, 5.41) is 12.2. The zero-order valence-electron chi connectivity index (χ0n) is 8.70. The molecule has 4 heteroatoms. The average Bonchev–Trinajstić information content (AvgIpc) is 2.49. The summed E-state index contributed by atoms with van der Waals surface area (Å²) in [7, 11) is 0. The molecule has 2 nitrogen and oxygen atoms in total. The first-order valence-electron chi connectivity index (χ1n) is 5.18. The number of thiophene rings is 1. The lowest BCUT2D eigenvalue weighted by atomic mass is 9.75. The zero-order chi connectivity index (χ0) is 10.9. The molecule has 0 saturated heterocycles. The van der Waals surface area contributed by atoms with Crippen molar-refractivity contribution in [3.05, 3.63) is 20.8 Å². The van der Waals surface area contributed by atoms with Crippen LogP contribution in [-0.4, -0.2) is 23.4 Å². The van der Waals surface area contributed by atoms with Crippen molar-refractivity contribution in [3.63, 3.8) is 0 Å². The van der Waals surface area contributed by atoms with Gasteiger partial charge in [-0.25, -0.2) is 0 Å². The van der Waals surface area contributed by atoms with Crippen LogP contribution < -0.4 is 0 Å². The van der Waals surface area contributed by atoms with E-state index in [-0.39, 0.29) is 6.10 Å². The summed E-state index contributed by atoms with van der Waals surface area (Å²) in [6.45, 7) is 2.74. The number of hydrogen-bond donors (Lipinski definition) is 1. The summed E-state index contributed by atoms with van der Waals surface area (Å²) >= 11 is 5.11. The Bertz CT molecular complexity index is 331. The highest BCUT2D eigenvalue weighted by molar-refractivity contribution is 9.10. The van der Waals surface area contributed by atoms with Gasteiger partial charge in [-0.05, 0) is 28.9 Å². The van der Waals surface area contributed by atoms with Crippen molar-refractivity contribution >= 4 is 27.3 Å². The molecule has 1 heterocycles. The molecule has 1 aliphatic rings. The average molecular weight is 291 g/mol. The third-order valence-electron chi connectivity index (χ3n) is 2.74. The maximum Gasteiger partial charge on any atom is 0.0745 e. The Hall–Kier alpha value is 0.1000. The van der Waals surface area contributed by atoms with Gasteiger partial charge in [-0.3, -0.25) is 0 Å². The highest BCUT2D eigenvalue weighted by atomic mass is 79.9. The molecule has 1 N–H and O–H groups in total. The number of ether oxygens (including phenoxy) is 1. The molecule has 1 aliphatic carbocycles. The van der Waals surface area contributed by atoms with Crippen molar-refractivity contribution < 1.29 is 9.84 Å². The minimum absolute atomic E-state index is 0.267. The molecule has 0 unspecified atom stereocenters. The van der Waals surface area contributed by atoms with Crippen LogP contribution in [0.1, 0.15) is 24.6 Å². The number of hydrogen-bond acceptors (Lipinski definition) is 3. The van der Waals surface area contributed by atoms with Gasteiger partial charge in [-0.1, -0.05) is 0 Å². The van der Waals surface area contributed by atoms with Gasteiger partial charge in [0.05, 0.1) is 11.7 Å². The third kappa shape index (κ3) is 2.81. The molecule has 1 aromatic rings. The van der Waals surface area contributed by atoms with Crippen LogP contribution in [0.2, 0.25) is 0 Å². The Labute approximate surface area is 102 Å². The van der Waals surface area contributed by atoms with Gasteiger partial charge in [0.1, 0.15) is 0 Å². The Balaban J connectivity index is 1.86. The zero-order valence-corrected chi connectivity index (χ0v) is 11.1. The molecule has 0 radical (unpaired) electrons. The Morgan fingerprint density at radius 2 is 2.40 bits per heavy atom. The van der Waals surface area contributed by atoms with E-state index in [1.54, 1.807) is 11.3 Å². The predicted octanol–water partition coefficient (Wildman–Crippen LogP) is 2.98. The minimum Gasteiger partial charge on any atom is -0.389 e. The minimum atomic E-state index is -0.524. The van der Waals surface area contributed by atoms with Gasteiger partial charge in [0.2, 0.25) is 0 Å². The van der Waals surface area contributed by atoms with Gasteiger partial charge >= 0.3 is 0 Å². The van der Waals surface area contributed by atoms with Crippen LogP contribution in [0.5, 0.6) is 0 Å². The molecular weight excluding hydrogens is 276 g/mol. The topological polar surface area (TPSA) is 29.5 Å². The first kappa shape index (κ1) is 11.6. The molecule has 0 aromatic carbocycles. The van der Waals surface area contributed by atoms with Crippen molar-refractivity contribution in [2.45, 2.75) is 37.9 Å². The van der Waals surface area contributed by atoms with Crippen LogP contribution in [0, 0.1) is 0 Å². The van der Waals surface area contributed by atoms with E-state index in [2.05, 4.69) is 27.4 Å². The van der Waals surface area contributed by atoms with E-state index in [4.69, 9.17) is 4.74 Å². The van der Waals surface area contributed by atoms with Gasteiger partial charge in [0.15, 0.2) is 0 Å². The van der Waals surface area contributed by atoms with Crippen molar-refractivity contribution in [1.82, 2.24) is 0 Å². The van der Waals surface area contributed by atoms with Gasteiger partial charge in [0, 0.05) is 40.6 Å². The largest absolute Gasteiger partial charge is 0.389 e. The van der Waals surface area contributed by atoms with Crippen LogP contribution in [0.3, 0.4) is 0 Å². The van der Waals surface area contributed by atoms with Crippen molar-refractivity contribution in [2.75, 3.05) is 6.61 Å². The van der Waals surface area contributed by atoms with Crippen LogP contribution in [-0.2, 0) is 11.2 Å². The second-order valence-corrected chi connectivity index (χ2v) is 6.03. The van der Waals surface area contributed by atoms with E-state index >= 15 is 0 Å². The van der Waals surface area contributed by atoms with Crippen LogP contribution in [0.25, 0.3) is 0 Å². The second-order valence-electron chi connectivity index (χ2n) is 4.12. The van der Waals surface area contributed by atoms with Crippen molar-refractivity contribution in [3.8, 4) is 0 Å². The lowest BCUT2D eigenvalue weighted by Crippen LogP contribution is -2.49. The van der Waals surface area contributed by atoms with Crippen molar-refractivity contribution in [1.29, 1.82) is 0 Å². The van der Waals surface area contributed by atoms with Crippen LogP contribution >= 0.6 is 27.3 Å². The number of halogens is 1. The Kier molecular flexibility index (Phi) is 3.50. The summed E-state index contributed by atoms with van der Waals surface area (Å²) in [5.74, 6) is 0. The van der Waals surface area contributed by atoms with E-state index in [0.29, 0.717) is 0 Å². The molecule has 0 amide bonds. The Morgan fingerprint density at radius 1 is 1.67 bits per heavy atom. The molecule has 1 saturated carbocycles. The molecule has 2 rings (SSSR count). The van der Waals surface area contributed by atoms with E-state index in [1.807, 2.05) is 6.92 Å². The highest BCUT2D eigenvalue weighted by Gasteiger charge is 2.43. The van der Waals surface area contributed by atoms with E-state index in [0.717, 1.165) is 30.3 Å². The molecule has 15 heavy (non-hydrogen) atoms.